The molecule has 0 bridgehead atoms. The average molecular weight is 340 g/mol. The van der Waals surface area contributed by atoms with Gasteiger partial charge in [-0.1, -0.05) is 0 Å². The van der Waals surface area contributed by atoms with E-state index in [2.05, 4.69) is 55.0 Å². The Balaban J connectivity index is 1.86. The third-order valence-corrected chi connectivity index (χ3v) is 5.37. The number of rotatable bonds is 3. The summed E-state index contributed by atoms with van der Waals surface area (Å²) in [6.45, 7) is 2.87. The lowest BCUT2D eigenvalue weighted by atomic mass is 10.3. The second-order valence-corrected chi connectivity index (χ2v) is 6.69. The van der Waals surface area contributed by atoms with Gasteiger partial charge in [-0.2, -0.15) is 0 Å². The number of nitrogens with zero attached hydrogens (tertiary/aromatic N) is 2. The first-order valence-electron chi connectivity index (χ1n) is 5.39. The van der Waals surface area contributed by atoms with Crippen LogP contribution in [0.1, 0.15) is 10.4 Å². The van der Waals surface area contributed by atoms with Crippen LogP contribution in [-0.4, -0.2) is 9.97 Å². The molecule has 3 rings (SSSR count). The van der Waals surface area contributed by atoms with Crippen molar-refractivity contribution in [3.8, 4) is 0 Å². The minimum absolute atomic E-state index is 0.791. The zero-order chi connectivity index (χ0) is 12.5. The van der Waals surface area contributed by atoms with Crippen LogP contribution in [0.3, 0.4) is 0 Å². The zero-order valence-corrected chi connectivity index (χ0v) is 12.8. The molecular formula is C12H10BrN3S2. The molecular weight excluding hydrogens is 330 g/mol. The molecule has 6 heteroatoms. The number of anilines is 1. The second kappa shape index (κ2) is 4.95. The molecule has 18 heavy (non-hydrogen) atoms. The van der Waals surface area contributed by atoms with Crippen LogP contribution in [-0.2, 0) is 6.54 Å². The highest BCUT2D eigenvalue weighted by Gasteiger charge is 2.08. The number of nitrogens with one attached hydrogen (secondary N) is 1. The molecule has 0 spiro atoms. The Kier molecular flexibility index (Phi) is 3.32. The number of aromatic nitrogens is 2. The van der Waals surface area contributed by atoms with E-state index in [1.54, 1.807) is 29.0 Å². The van der Waals surface area contributed by atoms with Gasteiger partial charge >= 0.3 is 0 Å². The van der Waals surface area contributed by atoms with Crippen LogP contribution in [0.5, 0.6) is 0 Å². The maximum Gasteiger partial charge on any atom is 0.147 e. The first-order chi connectivity index (χ1) is 8.74. The second-order valence-electron chi connectivity index (χ2n) is 3.90. The highest BCUT2D eigenvalue weighted by atomic mass is 79.9. The van der Waals surface area contributed by atoms with E-state index in [9.17, 15) is 0 Å². The Bertz CT molecular complexity index is 690. The summed E-state index contributed by atoms with van der Waals surface area (Å²) in [6, 6.07) is 2.12. The Labute approximate surface area is 121 Å². The molecule has 0 aliphatic heterocycles. The first kappa shape index (κ1) is 12.1. The quantitative estimate of drug-likeness (QED) is 0.766. The molecule has 3 aromatic heterocycles. The Hall–Kier alpha value is -0.980. The topological polar surface area (TPSA) is 37.8 Å². The summed E-state index contributed by atoms with van der Waals surface area (Å²) in [5.74, 6) is 0.919. The molecule has 0 aliphatic carbocycles. The van der Waals surface area contributed by atoms with Gasteiger partial charge in [-0.25, -0.2) is 9.97 Å². The average Bonchev–Trinajstić information content (AvgIpc) is 2.94. The maximum atomic E-state index is 4.32. The van der Waals surface area contributed by atoms with Crippen LogP contribution in [0, 0.1) is 6.92 Å². The van der Waals surface area contributed by atoms with E-state index in [-0.39, 0.29) is 0 Å². The van der Waals surface area contributed by atoms with E-state index in [1.165, 1.54) is 10.4 Å². The van der Waals surface area contributed by atoms with Crippen LogP contribution >= 0.6 is 38.6 Å². The summed E-state index contributed by atoms with van der Waals surface area (Å²) in [4.78, 5) is 9.92. The Morgan fingerprint density at radius 3 is 2.94 bits per heavy atom. The van der Waals surface area contributed by atoms with Gasteiger partial charge in [0.2, 0.25) is 0 Å². The zero-order valence-electron chi connectivity index (χ0n) is 9.61. The molecule has 3 heterocycles. The van der Waals surface area contributed by atoms with Crippen molar-refractivity contribution < 1.29 is 0 Å². The fourth-order valence-electron chi connectivity index (χ4n) is 1.71. The number of aryl methyl sites for hydroxylation is 1. The van der Waals surface area contributed by atoms with Crippen LogP contribution in [0.15, 0.2) is 27.6 Å². The first-order valence-corrected chi connectivity index (χ1v) is 7.95. The minimum atomic E-state index is 0.791. The van der Waals surface area contributed by atoms with Gasteiger partial charge in [-0.05, 0) is 39.9 Å². The van der Waals surface area contributed by atoms with E-state index in [1.807, 2.05) is 0 Å². The van der Waals surface area contributed by atoms with Crippen molar-refractivity contribution >= 4 is 54.6 Å². The molecule has 0 saturated carbocycles. The van der Waals surface area contributed by atoms with Crippen LogP contribution in [0.25, 0.3) is 10.2 Å². The normalized spacial score (nSPS) is 11.0. The van der Waals surface area contributed by atoms with Crippen molar-refractivity contribution in [2.24, 2.45) is 0 Å². The van der Waals surface area contributed by atoms with E-state index in [4.69, 9.17) is 0 Å². The Morgan fingerprint density at radius 2 is 2.17 bits per heavy atom. The summed E-state index contributed by atoms with van der Waals surface area (Å²) in [7, 11) is 0. The van der Waals surface area contributed by atoms with E-state index in [0.717, 1.165) is 27.1 Å². The summed E-state index contributed by atoms with van der Waals surface area (Å²) in [5.41, 5.74) is 2.25. The van der Waals surface area contributed by atoms with Crippen molar-refractivity contribution in [1.82, 2.24) is 9.97 Å². The van der Waals surface area contributed by atoms with Crippen LogP contribution in [0.2, 0.25) is 0 Å². The lowest BCUT2D eigenvalue weighted by Crippen LogP contribution is -2.00. The summed E-state index contributed by atoms with van der Waals surface area (Å²) < 4.78 is 2.26. The number of fused-ring (bicyclic) bond motifs is 1. The third kappa shape index (κ3) is 2.28. The minimum Gasteiger partial charge on any atom is -0.364 e. The number of thiophene rings is 2. The lowest BCUT2D eigenvalue weighted by molar-refractivity contribution is 1.13. The monoisotopic (exact) mass is 339 g/mol. The third-order valence-electron chi connectivity index (χ3n) is 2.58. The molecule has 0 unspecified atom stereocenters. The molecule has 0 fully saturated rings. The lowest BCUT2D eigenvalue weighted by Gasteiger charge is -2.04. The number of halogens is 1. The van der Waals surface area contributed by atoms with Crippen molar-refractivity contribution in [2.75, 3.05) is 5.32 Å². The molecule has 0 atom stereocenters. The summed E-state index contributed by atoms with van der Waals surface area (Å²) in [5, 5.41) is 7.58. The molecule has 0 amide bonds. The SMILES string of the molecule is Cc1csc2c(NCc3cc(Br)cs3)ncnc12. The molecule has 0 aliphatic rings. The van der Waals surface area contributed by atoms with Gasteiger partial charge in [0.05, 0.1) is 16.8 Å². The standard InChI is InChI=1S/C12H10BrN3S2/c1-7-4-18-11-10(7)15-6-16-12(11)14-3-9-2-8(13)5-17-9/h2,4-6H,3H2,1H3,(H,14,15,16). The number of hydrogen-bond acceptors (Lipinski definition) is 5. The van der Waals surface area contributed by atoms with E-state index >= 15 is 0 Å². The van der Waals surface area contributed by atoms with Crippen molar-refractivity contribution in [3.05, 3.63) is 38.1 Å². The van der Waals surface area contributed by atoms with Gasteiger partial charge < -0.3 is 5.32 Å². The molecule has 92 valence electrons. The fourth-order valence-corrected chi connectivity index (χ4v) is 4.07. The smallest absolute Gasteiger partial charge is 0.147 e. The predicted molar refractivity (Wildman–Crippen MR) is 81.5 cm³/mol. The molecule has 1 N–H and O–H groups in total. The van der Waals surface area contributed by atoms with Crippen molar-refractivity contribution in [1.29, 1.82) is 0 Å². The largest absolute Gasteiger partial charge is 0.364 e. The predicted octanol–water partition coefficient (Wildman–Crippen LogP) is 4.44. The molecule has 0 radical (unpaired) electrons. The van der Waals surface area contributed by atoms with Crippen molar-refractivity contribution in [3.63, 3.8) is 0 Å². The molecule has 3 nitrogen and oxygen atoms in total. The van der Waals surface area contributed by atoms with E-state index in [0.29, 0.717) is 0 Å². The van der Waals surface area contributed by atoms with Gasteiger partial charge in [-0.15, -0.1) is 22.7 Å². The highest BCUT2D eigenvalue weighted by Crippen LogP contribution is 2.29. The Morgan fingerprint density at radius 1 is 1.28 bits per heavy atom. The summed E-state index contributed by atoms with van der Waals surface area (Å²) >= 11 is 6.88. The fraction of sp³-hybridized carbons (Fsp3) is 0.167. The van der Waals surface area contributed by atoms with E-state index < -0.39 is 0 Å². The number of hydrogen-bond donors (Lipinski definition) is 1. The van der Waals surface area contributed by atoms with Crippen LogP contribution in [0.4, 0.5) is 5.82 Å². The van der Waals surface area contributed by atoms with Gasteiger partial charge in [-0.3, -0.25) is 0 Å². The summed E-state index contributed by atoms with van der Waals surface area (Å²) in [6.07, 6.45) is 1.62. The highest BCUT2D eigenvalue weighted by molar-refractivity contribution is 9.10. The molecule has 0 saturated heterocycles. The van der Waals surface area contributed by atoms with Crippen LogP contribution < -0.4 is 5.32 Å². The van der Waals surface area contributed by atoms with Gasteiger partial charge in [0.25, 0.3) is 0 Å². The van der Waals surface area contributed by atoms with Crippen molar-refractivity contribution in [2.45, 2.75) is 13.5 Å². The maximum absolute atomic E-state index is 4.32. The van der Waals surface area contributed by atoms with Gasteiger partial charge in [0.1, 0.15) is 12.1 Å². The molecule has 3 aromatic rings. The molecule has 0 aromatic carbocycles. The van der Waals surface area contributed by atoms with Gasteiger partial charge in [0.15, 0.2) is 0 Å². The van der Waals surface area contributed by atoms with Gasteiger partial charge in [0, 0.05) is 14.7 Å².